The van der Waals surface area contributed by atoms with Gasteiger partial charge in [-0.3, -0.25) is 14.4 Å². The van der Waals surface area contributed by atoms with Crippen LogP contribution in [-0.4, -0.2) is 30.2 Å². The molecule has 6 nitrogen and oxygen atoms in total. The minimum atomic E-state index is -0.755. The molecule has 1 heterocycles. The van der Waals surface area contributed by atoms with E-state index in [0.717, 1.165) is 19.2 Å². The molecule has 0 fully saturated rings. The molecular weight excluding hydrogens is 566 g/mol. The van der Waals surface area contributed by atoms with Gasteiger partial charge in [-0.25, -0.2) is 9.69 Å². The summed E-state index contributed by atoms with van der Waals surface area (Å²) in [6.45, 7) is 1.59. The number of aryl methyl sites for hydroxylation is 1. The topological polar surface area (TPSA) is 80.8 Å². The van der Waals surface area contributed by atoms with Crippen LogP contribution in [0.15, 0.2) is 105 Å². The lowest BCUT2D eigenvalue weighted by atomic mass is 10.1. The second kappa shape index (κ2) is 10.8. The van der Waals surface area contributed by atoms with Gasteiger partial charge in [-0.05, 0) is 73.7 Å². The number of hydrogen-bond acceptors (Lipinski definition) is 6. The number of carbonyl (C=O) groups is 4. The minimum Gasteiger partial charge on any atom is -0.454 e. The normalized spacial score (nSPS) is 12.4. The zero-order valence-corrected chi connectivity index (χ0v) is 22.5. The van der Waals surface area contributed by atoms with Crippen molar-refractivity contribution < 1.29 is 23.9 Å². The molecule has 5 rings (SSSR count). The lowest BCUT2D eigenvalue weighted by Crippen LogP contribution is -2.29. The standard InChI is InChI=1S/C30H20BrNO5S/c1-18-2-11-23(12-3-18)38-24-13-9-22(10-14-24)32-28(34)25-15-6-20(16-26(25)29(32)35)30(36)37-17-27(33)19-4-7-21(31)8-5-19/h2-16H,17H2,1H3. The Labute approximate surface area is 231 Å². The fraction of sp³-hybridized carbons (Fsp3) is 0.0667. The molecular formula is C30H20BrNO5S. The maximum absolute atomic E-state index is 13.2. The number of fused-ring (bicyclic) bond motifs is 1. The maximum Gasteiger partial charge on any atom is 0.338 e. The number of halogens is 1. The fourth-order valence-electron chi connectivity index (χ4n) is 3.94. The van der Waals surface area contributed by atoms with E-state index < -0.39 is 24.4 Å². The number of rotatable bonds is 7. The molecule has 0 atom stereocenters. The number of amides is 2. The molecule has 38 heavy (non-hydrogen) atoms. The highest BCUT2D eigenvalue weighted by Crippen LogP contribution is 2.33. The first-order valence-corrected chi connectivity index (χ1v) is 13.2. The van der Waals surface area contributed by atoms with Gasteiger partial charge in [0.15, 0.2) is 12.4 Å². The van der Waals surface area contributed by atoms with Gasteiger partial charge in [0.05, 0.1) is 22.4 Å². The van der Waals surface area contributed by atoms with Crippen molar-refractivity contribution in [1.29, 1.82) is 0 Å². The highest BCUT2D eigenvalue weighted by molar-refractivity contribution is 9.10. The number of ether oxygens (including phenoxy) is 1. The highest BCUT2D eigenvalue weighted by atomic mass is 79.9. The zero-order valence-electron chi connectivity index (χ0n) is 20.1. The van der Waals surface area contributed by atoms with E-state index in [1.54, 1.807) is 48.2 Å². The summed E-state index contributed by atoms with van der Waals surface area (Å²) in [6.07, 6.45) is 0. The third-order valence-electron chi connectivity index (χ3n) is 5.97. The van der Waals surface area contributed by atoms with E-state index in [-0.39, 0.29) is 22.5 Å². The molecule has 0 spiro atoms. The first-order chi connectivity index (χ1) is 18.3. The van der Waals surface area contributed by atoms with Crippen LogP contribution >= 0.6 is 27.7 Å². The van der Waals surface area contributed by atoms with Gasteiger partial charge in [-0.1, -0.05) is 57.5 Å². The lowest BCUT2D eigenvalue weighted by Gasteiger charge is -2.14. The third-order valence-corrected chi connectivity index (χ3v) is 7.52. The van der Waals surface area contributed by atoms with Crippen LogP contribution in [0.2, 0.25) is 0 Å². The highest BCUT2D eigenvalue weighted by Gasteiger charge is 2.37. The van der Waals surface area contributed by atoms with Gasteiger partial charge in [-0.15, -0.1) is 0 Å². The van der Waals surface area contributed by atoms with Gasteiger partial charge in [0, 0.05) is 19.8 Å². The van der Waals surface area contributed by atoms with Gasteiger partial charge < -0.3 is 4.74 Å². The Morgan fingerprint density at radius 1 is 0.763 bits per heavy atom. The Kier molecular flexibility index (Phi) is 7.26. The van der Waals surface area contributed by atoms with E-state index >= 15 is 0 Å². The van der Waals surface area contributed by atoms with Crippen molar-refractivity contribution in [1.82, 2.24) is 0 Å². The Morgan fingerprint density at radius 3 is 2.00 bits per heavy atom. The molecule has 0 saturated carbocycles. The van der Waals surface area contributed by atoms with E-state index in [2.05, 4.69) is 15.9 Å². The fourth-order valence-corrected chi connectivity index (χ4v) is 5.02. The number of hydrogen-bond donors (Lipinski definition) is 0. The summed E-state index contributed by atoms with van der Waals surface area (Å²) in [6, 6.07) is 26.2. The van der Waals surface area contributed by atoms with Crippen molar-refractivity contribution in [3.8, 4) is 0 Å². The third kappa shape index (κ3) is 5.32. The van der Waals surface area contributed by atoms with Crippen LogP contribution in [0.3, 0.4) is 0 Å². The SMILES string of the molecule is Cc1ccc(Sc2ccc(N3C(=O)c4ccc(C(=O)OCC(=O)c5ccc(Br)cc5)cc4C3=O)cc2)cc1. The van der Waals surface area contributed by atoms with Crippen molar-refractivity contribution in [3.05, 3.63) is 123 Å². The molecule has 0 radical (unpaired) electrons. The number of imide groups is 1. The summed E-state index contributed by atoms with van der Waals surface area (Å²) in [5, 5.41) is 0. The number of carbonyl (C=O) groups excluding carboxylic acids is 4. The molecule has 0 aliphatic carbocycles. The predicted octanol–water partition coefficient (Wildman–Crippen LogP) is 6.75. The van der Waals surface area contributed by atoms with Crippen LogP contribution in [0.25, 0.3) is 0 Å². The number of benzene rings is 4. The van der Waals surface area contributed by atoms with Crippen LogP contribution < -0.4 is 4.90 Å². The van der Waals surface area contributed by atoms with Gasteiger partial charge in [-0.2, -0.15) is 0 Å². The van der Waals surface area contributed by atoms with Crippen molar-refractivity contribution in [2.24, 2.45) is 0 Å². The Bertz CT molecular complexity index is 1560. The molecule has 8 heteroatoms. The van der Waals surface area contributed by atoms with Crippen LogP contribution in [-0.2, 0) is 4.74 Å². The minimum absolute atomic E-state index is 0.0835. The first-order valence-electron chi connectivity index (χ1n) is 11.6. The molecule has 0 aromatic heterocycles. The van der Waals surface area contributed by atoms with Gasteiger partial charge >= 0.3 is 5.97 Å². The van der Waals surface area contributed by atoms with Crippen molar-refractivity contribution in [3.63, 3.8) is 0 Å². The molecule has 1 aliphatic rings. The average molecular weight is 586 g/mol. The van der Waals surface area contributed by atoms with Gasteiger partial charge in [0.25, 0.3) is 11.8 Å². The molecule has 2 amide bonds. The second-order valence-electron chi connectivity index (χ2n) is 8.62. The van der Waals surface area contributed by atoms with Gasteiger partial charge in [0.2, 0.25) is 0 Å². The van der Waals surface area contributed by atoms with Crippen LogP contribution in [0.1, 0.15) is 47.0 Å². The number of nitrogens with zero attached hydrogens (tertiary/aromatic N) is 1. The van der Waals surface area contributed by atoms with E-state index in [1.807, 2.05) is 43.3 Å². The molecule has 0 unspecified atom stereocenters. The Morgan fingerprint density at radius 2 is 1.34 bits per heavy atom. The smallest absolute Gasteiger partial charge is 0.338 e. The van der Waals surface area contributed by atoms with Crippen molar-refractivity contribution >= 4 is 56.9 Å². The molecule has 0 bridgehead atoms. The van der Waals surface area contributed by atoms with Crippen LogP contribution in [0.5, 0.6) is 0 Å². The number of esters is 1. The number of Topliss-reactive ketones (excluding diaryl/α,β-unsaturated/α-hetero) is 1. The Balaban J connectivity index is 1.27. The summed E-state index contributed by atoms with van der Waals surface area (Å²) in [5.74, 6) is -2.10. The summed E-state index contributed by atoms with van der Waals surface area (Å²) >= 11 is 4.89. The molecule has 0 saturated heterocycles. The summed E-state index contributed by atoms with van der Waals surface area (Å²) in [5.41, 5.74) is 2.43. The predicted molar refractivity (Wildman–Crippen MR) is 148 cm³/mol. The monoisotopic (exact) mass is 585 g/mol. The number of ketones is 1. The van der Waals surface area contributed by atoms with Crippen molar-refractivity contribution in [2.75, 3.05) is 11.5 Å². The van der Waals surface area contributed by atoms with E-state index in [0.29, 0.717) is 11.3 Å². The number of anilines is 1. The first kappa shape index (κ1) is 25.6. The quantitative estimate of drug-likeness (QED) is 0.135. The summed E-state index contributed by atoms with van der Waals surface area (Å²) < 4.78 is 5.99. The van der Waals surface area contributed by atoms with E-state index in [4.69, 9.17) is 4.74 Å². The Hall–Kier alpha value is -4.01. The zero-order chi connectivity index (χ0) is 26.8. The molecule has 4 aromatic rings. The average Bonchev–Trinajstić information content (AvgIpc) is 3.18. The molecule has 0 N–H and O–H groups in total. The van der Waals surface area contributed by atoms with Crippen LogP contribution in [0.4, 0.5) is 5.69 Å². The van der Waals surface area contributed by atoms with E-state index in [1.165, 1.54) is 23.8 Å². The second-order valence-corrected chi connectivity index (χ2v) is 10.7. The molecule has 4 aromatic carbocycles. The summed E-state index contributed by atoms with van der Waals surface area (Å²) in [7, 11) is 0. The lowest BCUT2D eigenvalue weighted by molar-refractivity contribution is 0.0474. The van der Waals surface area contributed by atoms with Crippen LogP contribution in [0, 0.1) is 6.92 Å². The largest absolute Gasteiger partial charge is 0.454 e. The molecule has 188 valence electrons. The maximum atomic E-state index is 13.2. The summed E-state index contributed by atoms with van der Waals surface area (Å²) in [4.78, 5) is 54.2. The molecule has 1 aliphatic heterocycles. The van der Waals surface area contributed by atoms with E-state index in [9.17, 15) is 19.2 Å². The van der Waals surface area contributed by atoms with Gasteiger partial charge in [0.1, 0.15) is 0 Å². The van der Waals surface area contributed by atoms with Crippen molar-refractivity contribution in [2.45, 2.75) is 16.7 Å².